The first-order valence-electron chi connectivity index (χ1n) is 6.41. The first-order valence-corrected chi connectivity index (χ1v) is 6.41. The second-order valence-corrected chi connectivity index (χ2v) is 5.23. The summed E-state index contributed by atoms with van der Waals surface area (Å²) in [6, 6.07) is 0. The van der Waals surface area contributed by atoms with Gasteiger partial charge in [0.2, 0.25) is 5.78 Å². The van der Waals surface area contributed by atoms with Crippen molar-refractivity contribution >= 4 is 5.78 Å². The fourth-order valence-corrected chi connectivity index (χ4v) is 2.21. The van der Waals surface area contributed by atoms with Crippen molar-refractivity contribution in [2.75, 3.05) is 6.61 Å². The van der Waals surface area contributed by atoms with Crippen molar-refractivity contribution in [1.29, 1.82) is 0 Å². The van der Waals surface area contributed by atoms with Crippen LogP contribution in [-0.2, 0) is 14.3 Å². The Morgan fingerprint density at radius 3 is 2.52 bits per heavy atom. The highest BCUT2D eigenvalue weighted by atomic mass is 16.7. The van der Waals surface area contributed by atoms with Crippen LogP contribution in [-0.4, -0.2) is 74.2 Å². The number of rotatable bonds is 3. The van der Waals surface area contributed by atoms with Crippen LogP contribution in [0.4, 0.5) is 0 Å². The minimum absolute atomic E-state index is 0.510. The van der Waals surface area contributed by atoms with Crippen LogP contribution in [0.2, 0.25) is 0 Å². The number of ether oxygens (including phenoxy) is 2. The monoisotopic (exact) mass is 302 g/mol. The molecule has 0 saturated carbocycles. The average molecular weight is 302 g/mol. The summed E-state index contributed by atoms with van der Waals surface area (Å²) in [4.78, 5) is 11.2. The topological polar surface area (TPSA) is 137 Å². The lowest BCUT2D eigenvalue weighted by Gasteiger charge is -2.42. The highest BCUT2D eigenvalue weighted by Gasteiger charge is 2.46. The van der Waals surface area contributed by atoms with Crippen molar-refractivity contribution in [1.82, 2.24) is 0 Å². The molecule has 1 aliphatic carbocycles. The van der Waals surface area contributed by atoms with Gasteiger partial charge in [0.1, 0.15) is 30.0 Å². The van der Waals surface area contributed by atoms with E-state index in [4.69, 9.17) is 14.6 Å². The van der Waals surface area contributed by atoms with Crippen LogP contribution in [0.25, 0.3) is 0 Å². The van der Waals surface area contributed by atoms with Gasteiger partial charge in [-0.3, -0.25) is 4.79 Å². The SMILES string of the molecule is C[C@@]1(O[C@@H]2O[C@H](CO)[C@@H](O)[C@H](O)[C@H]2O)C=CC(=O)C(O)=C1. The van der Waals surface area contributed by atoms with Gasteiger partial charge in [-0.15, -0.1) is 0 Å². The number of hydrogen-bond donors (Lipinski definition) is 5. The maximum atomic E-state index is 11.2. The van der Waals surface area contributed by atoms with Gasteiger partial charge in [0, 0.05) is 0 Å². The van der Waals surface area contributed by atoms with Gasteiger partial charge in [0.25, 0.3) is 0 Å². The minimum atomic E-state index is -1.56. The van der Waals surface area contributed by atoms with E-state index < -0.39 is 54.5 Å². The molecule has 1 saturated heterocycles. The van der Waals surface area contributed by atoms with Crippen LogP contribution >= 0.6 is 0 Å². The fourth-order valence-electron chi connectivity index (χ4n) is 2.21. The Morgan fingerprint density at radius 1 is 1.29 bits per heavy atom. The Kier molecular flexibility index (Phi) is 4.47. The van der Waals surface area contributed by atoms with Gasteiger partial charge in [0.15, 0.2) is 12.0 Å². The van der Waals surface area contributed by atoms with E-state index >= 15 is 0 Å². The normalized spacial score (nSPS) is 43.8. The standard InChI is InChI=1S/C13H18O8/c1-13(3-2-6(15)7(16)4-13)21-12-11(19)10(18)9(17)8(5-14)20-12/h2-4,8-12,14,16-19H,5H2,1H3/t8-,9-,10+,11-,12+,13-/m1/s1. The molecule has 0 bridgehead atoms. The molecule has 6 atom stereocenters. The number of aliphatic hydroxyl groups is 5. The molecule has 0 aromatic rings. The van der Waals surface area contributed by atoms with Crippen molar-refractivity contribution in [2.24, 2.45) is 0 Å². The lowest BCUT2D eigenvalue weighted by Crippen LogP contribution is -2.60. The molecule has 0 spiro atoms. The van der Waals surface area contributed by atoms with Crippen LogP contribution in [0.15, 0.2) is 24.0 Å². The van der Waals surface area contributed by atoms with E-state index in [0.717, 1.165) is 12.2 Å². The summed E-state index contributed by atoms with van der Waals surface area (Å²) in [5.41, 5.74) is -1.24. The van der Waals surface area contributed by atoms with E-state index in [2.05, 4.69) is 0 Å². The van der Waals surface area contributed by atoms with Crippen LogP contribution in [0, 0.1) is 0 Å². The van der Waals surface area contributed by atoms with Crippen LogP contribution in [0.5, 0.6) is 0 Å². The molecule has 8 heteroatoms. The molecule has 2 aliphatic rings. The highest BCUT2D eigenvalue weighted by Crippen LogP contribution is 2.29. The van der Waals surface area contributed by atoms with Crippen LogP contribution in [0.3, 0.4) is 0 Å². The van der Waals surface area contributed by atoms with Gasteiger partial charge in [-0.2, -0.15) is 0 Å². The van der Waals surface area contributed by atoms with Crippen molar-refractivity contribution in [2.45, 2.75) is 43.2 Å². The third kappa shape index (κ3) is 3.15. The summed E-state index contributed by atoms with van der Waals surface area (Å²) >= 11 is 0. The maximum Gasteiger partial charge on any atom is 0.219 e. The van der Waals surface area contributed by atoms with E-state index in [9.17, 15) is 25.2 Å². The van der Waals surface area contributed by atoms with E-state index in [1.54, 1.807) is 0 Å². The van der Waals surface area contributed by atoms with Gasteiger partial charge < -0.3 is 35.0 Å². The highest BCUT2D eigenvalue weighted by molar-refractivity contribution is 6.03. The Morgan fingerprint density at radius 2 is 1.95 bits per heavy atom. The zero-order valence-corrected chi connectivity index (χ0v) is 11.3. The smallest absolute Gasteiger partial charge is 0.219 e. The fraction of sp³-hybridized carbons (Fsp3) is 0.615. The second kappa shape index (κ2) is 5.84. The number of carbonyl (C=O) groups excluding carboxylic acids is 1. The number of hydrogen-bond acceptors (Lipinski definition) is 8. The van der Waals surface area contributed by atoms with E-state index in [1.165, 1.54) is 13.0 Å². The molecule has 5 N–H and O–H groups in total. The summed E-state index contributed by atoms with van der Waals surface area (Å²) in [6.45, 7) is 0.935. The first-order chi connectivity index (χ1) is 9.77. The van der Waals surface area contributed by atoms with Gasteiger partial charge in [-0.05, 0) is 25.2 Å². The molecule has 0 aromatic carbocycles. The minimum Gasteiger partial charge on any atom is -0.504 e. The Labute approximate surface area is 120 Å². The van der Waals surface area contributed by atoms with Gasteiger partial charge in [0.05, 0.1) is 6.61 Å². The summed E-state index contributed by atoms with van der Waals surface area (Å²) < 4.78 is 10.7. The molecule has 118 valence electrons. The molecule has 0 amide bonds. The van der Waals surface area contributed by atoms with Crippen LogP contribution < -0.4 is 0 Å². The summed E-state index contributed by atoms with van der Waals surface area (Å²) in [5.74, 6) is -1.09. The summed E-state index contributed by atoms with van der Waals surface area (Å²) in [6.07, 6.45) is -3.44. The maximum absolute atomic E-state index is 11.2. The molecular formula is C13H18O8. The van der Waals surface area contributed by atoms with Crippen molar-refractivity contribution in [3.05, 3.63) is 24.0 Å². The van der Waals surface area contributed by atoms with Crippen LogP contribution in [0.1, 0.15) is 6.92 Å². The number of aliphatic hydroxyl groups excluding tert-OH is 5. The van der Waals surface area contributed by atoms with Crippen molar-refractivity contribution < 1.29 is 39.8 Å². The summed E-state index contributed by atoms with van der Waals surface area (Å²) in [5, 5.41) is 47.7. The lowest BCUT2D eigenvalue weighted by molar-refractivity contribution is -0.314. The molecular weight excluding hydrogens is 284 g/mol. The molecule has 1 aliphatic heterocycles. The largest absolute Gasteiger partial charge is 0.504 e. The van der Waals surface area contributed by atoms with Crippen molar-refractivity contribution in [3.8, 4) is 0 Å². The van der Waals surface area contributed by atoms with E-state index in [0.29, 0.717) is 0 Å². The average Bonchev–Trinajstić information content (AvgIpc) is 2.44. The predicted molar refractivity (Wildman–Crippen MR) is 68.1 cm³/mol. The summed E-state index contributed by atoms with van der Waals surface area (Å²) in [7, 11) is 0. The molecule has 8 nitrogen and oxygen atoms in total. The molecule has 2 rings (SSSR count). The predicted octanol–water partition coefficient (Wildman–Crippen LogP) is -1.86. The molecule has 0 unspecified atom stereocenters. The molecule has 1 heterocycles. The third-order valence-corrected chi connectivity index (χ3v) is 3.46. The zero-order chi connectivity index (χ0) is 15.8. The van der Waals surface area contributed by atoms with Crippen molar-refractivity contribution in [3.63, 3.8) is 0 Å². The van der Waals surface area contributed by atoms with Gasteiger partial charge in [-0.1, -0.05) is 0 Å². The molecule has 21 heavy (non-hydrogen) atoms. The van der Waals surface area contributed by atoms with Gasteiger partial charge >= 0.3 is 0 Å². The third-order valence-electron chi connectivity index (χ3n) is 3.46. The Balaban J connectivity index is 2.15. The number of ketones is 1. The van der Waals surface area contributed by atoms with Gasteiger partial charge in [-0.25, -0.2) is 0 Å². The molecule has 0 radical (unpaired) electrons. The quantitative estimate of drug-likeness (QED) is 0.409. The van der Waals surface area contributed by atoms with E-state index in [-0.39, 0.29) is 0 Å². The lowest BCUT2D eigenvalue weighted by atomic mass is 9.96. The number of carbonyl (C=O) groups is 1. The zero-order valence-electron chi connectivity index (χ0n) is 11.3. The Hall–Kier alpha value is -1.29. The first kappa shape index (κ1) is 16.1. The van der Waals surface area contributed by atoms with E-state index in [1.807, 2.05) is 0 Å². The molecule has 1 fully saturated rings. The Bertz CT molecular complexity index is 471. The number of allylic oxidation sites excluding steroid dienone is 1. The molecule has 0 aromatic heterocycles. The second-order valence-electron chi connectivity index (χ2n) is 5.23.